The minimum atomic E-state index is -0.422. The lowest BCUT2D eigenvalue weighted by molar-refractivity contribution is 0.174. The number of hydrogen-bond acceptors (Lipinski definition) is 7. The van der Waals surface area contributed by atoms with E-state index in [4.69, 9.17) is 0 Å². The standard InChI is InChI=1S/C15H22N6O/c1-8-5-9(2)17-14-12(8)13(16-3)19-15(20-14)18-10-6-21(4)7-11(10)22/h5,10-11,22H,6-7H2,1-4H3,(H2,16,17,18,19,20). The van der Waals surface area contributed by atoms with Crippen molar-refractivity contribution in [1.29, 1.82) is 0 Å². The van der Waals surface area contributed by atoms with Crippen molar-refractivity contribution < 1.29 is 5.11 Å². The molecule has 0 spiro atoms. The molecule has 1 aliphatic heterocycles. The predicted molar refractivity (Wildman–Crippen MR) is 87.3 cm³/mol. The van der Waals surface area contributed by atoms with Crippen molar-refractivity contribution in [3.05, 3.63) is 17.3 Å². The number of aromatic nitrogens is 3. The fourth-order valence-corrected chi connectivity index (χ4v) is 3.01. The van der Waals surface area contributed by atoms with Crippen molar-refractivity contribution >= 4 is 22.8 Å². The van der Waals surface area contributed by atoms with Gasteiger partial charge in [0, 0.05) is 25.8 Å². The Hall–Kier alpha value is -1.99. The number of rotatable bonds is 3. The topological polar surface area (TPSA) is 86.2 Å². The van der Waals surface area contributed by atoms with E-state index in [0.717, 1.165) is 29.0 Å². The number of fused-ring (bicyclic) bond motifs is 1. The van der Waals surface area contributed by atoms with Crippen LogP contribution in [0.3, 0.4) is 0 Å². The number of likely N-dealkylation sites (tertiary alicyclic amines) is 1. The molecule has 3 heterocycles. The number of likely N-dealkylation sites (N-methyl/N-ethyl adjacent to an activating group) is 1. The Morgan fingerprint density at radius 1 is 1.23 bits per heavy atom. The molecule has 118 valence electrons. The molecule has 0 aliphatic carbocycles. The number of nitrogens with zero attached hydrogens (tertiary/aromatic N) is 4. The van der Waals surface area contributed by atoms with Crippen LogP contribution in [0.2, 0.25) is 0 Å². The molecular weight excluding hydrogens is 280 g/mol. The Labute approximate surface area is 129 Å². The Morgan fingerprint density at radius 3 is 2.64 bits per heavy atom. The number of β-amino-alcohol motifs (C(OH)–C–C–N with tert-alkyl or cyclic N) is 1. The van der Waals surface area contributed by atoms with Gasteiger partial charge >= 0.3 is 0 Å². The molecular formula is C15H22N6O. The quantitative estimate of drug-likeness (QED) is 0.772. The molecule has 22 heavy (non-hydrogen) atoms. The average molecular weight is 302 g/mol. The first-order chi connectivity index (χ1) is 10.5. The summed E-state index contributed by atoms with van der Waals surface area (Å²) in [5.41, 5.74) is 2.69. The highest BCUT2D eigenvalue weighted by Gasteiger charge is 2.29. The van der Waals surface area contributed by atoms with Gasteiger partial charge in [0.15, 0.2) is 5.65 Å². The fraction of sp³-hybridized carbons (Fsp3) is 0.533. The molecule has 2 aromatic rings. The van der Waals surface area contributed by atoms with E-state index in [1.807, 2.05) is 34.0 Å². The molecule has 2 aromatic heterocycles. The van der Waals surface area contributed by atoms with Crippen LogP contribution in [-0.2, 0) is 0 Å². The van der Waals surface area contributed by atoms with Gasteiger partial charge in [0.1, 0.15) is 5.82 Å². The van der Waals surface area contributed by atoms with Crippen molar-refractivity contribution in [3.63, 3.8) is 0 Å². The van der Waals surface area contributed by atoms with Gasteiger partial charge in [-0.05, 0) is 32.5 Å². The zero-order valence-corrected chi connectivity index (χ0v) is 13.4. The van der Waals surface area contributed by atoms with Gasteiger partial charge in [-0.25, -0.2) is 4.98 Å². The molecule has 0 radical (unpaired) electrons. The second-order valence-electron chi connectivity index (χ2n) is 5.96. The molecule has 0 amide bonds. The van der Waals surface area contributed by atoms with Crippen LogP contribution < -0.4 is 10.6 Å². The van der Waals surface area contributed by atoms with Crippen LogP contribution in [0.15, 0.2) is 6.07 Å². The zero-order chi connectivity index (χ0) is 15.9. The van der Waals surface area contributed by atoms with Crippen molar-refractivity contribution in [1.82, 2.24) is 19.9 Å². The highest BCUT2D eigenvalue weighted by Crippen LogP contribution is 2.25. The summed E-state index contributed by atoms with van der Waals surface area (Å²) in [5, 5.41) is 17.3. The summed E-state index contributed by atoms with van der Waals surface area (Å²) in [7, 11) is 3.82. The number of aliphatic hydroxyl groups excluding tert-OH is 1. The highest BCUT2D eigenvalue weighted by atomic mass is 16.3. The van der Waals surface area contributed by atoms with E-state index in [2.05, 4.69) is 30.5 Å². The second kappa shape index (κ2) is 5.66. The summed E-state index contributed by atoms with van der Waals surface area (Å²) in [6, 6.07) is 1.95. The van der Waals surface area contributed by atoms with Gasteiger partial charge in [0.25, 0.3) is 0 Å². The van der Waals surface area contributed by atoms with E-state index in [1.54, 1.807) is 0 Å². The van der Waals surface area contributed by atoms with Gasteiger partial charge in [-0.15, -0.1) is 0 Å². The molecule has 2 atom stereocenters. The monoisotopic (exact) mass is 302 g/mol. The van der Waals surface area contributed by atoms with E-state index in [-0.39, 0.29) is 6.04 Å². The second-order valence-corrected chi connectivity index (χ2v) is 5.96. The molecule has 2 unspecified atom stereocenters. The van der Waals surface area contributed by atoms with Gasteiger partial charge in [-0.2, -0.15) is 9.97 Å². The lowest BCUT2D eigenvalue weighted by Crippen LogP contribution is -2.32. The van der Waals surface area contributed by atoms with Gasteiger partial charge < -0.3 is 20.6 Å². The minimum absolute atomic E-state index is 0.0712. The number of aryl methyl sites for hydroxylation is 2. The highest BCUT2D eigenvalue weighted by molar-refractivity contribution is 5.90. The third-order valence-electron chi connectivity index (χ3n) is 4.01. The van der Waals surface area contributed by atoms with E-state index in [9.17, 15) is 5.11 Å². The van der Waals surface area contributed by atoms with Crippen molar-refractivity contribution in [2.45, 2.75) is 26.0 Å². The summed E-state index contributed by atoms with van der Waals surface area (Å²) in [4.78, 5) is 15.6. The van der Waals surface area contributed by atoms with Crippen LogP contribution in [0.25, 0.3) is 11.0 Å². The third-order valence-corrected chi connectivity index (χ3v) is 4.01. The summed E-state index contributed by atoms with van der Waals surface area (Å²) >= 11 is 0. The molecule has 1 saturated heterocycles. The van der Waals surface area contributed by atoms with Gasteiger partial charge in [0.05, 0.1) is 17.5 Å². The number of hydrogen-bond donors (Lipinski definition) is 3. The largest absolute Gasteiger partial charge is 0.390 e. The Morgan fingerprint density at radius 2 is 2.00 bits per heavy atom. The van der Waals surface area contributed by atoms with Crippen LogP contribution in [0.1, 0.15) is 11.3 Å². The molecule has 3 rings (SSSR count). The predicted octanol–water partition coefficient (Wildman–Crippen LogP) is 0.770. The SMILES string of the molecule is CNc1nc(NC2CN(C)CC2O)nc2nc(C)cc(C)c12. The van der Waals surface area contributed by atoms with Gasteiger partial charge in [0.2, 0.25) is 5.95 Å². The Bertz CT molecular complexity index is 704. The number of nitrogens with one attached hydrogen (secondary N) is 2. The first kappa shape index (κ1) is 14.9. The van der Waals surface area contributed by atoms with E-state index in [0.29, 0.717) is 18.1 Å². The van der Waals surface area contributed by atoms with E-state index in [1.165, 1.54) is 0 Å². The third kappa shape index (κ3) is 2.69. The summed E-state index contributed by atoms with van der Waals surface area (Å²) in [5.74, 6) is 1.24. The maximum Gasteiger partial charge on any atom is 0.227 e. The zero-order valence-electron chi connectivity index (χ0n) is 13.4. The molecule has 0 aromatic carbocycles. The molecule has 1 aliphatic rings. The average Bonchev–Trinajstić information content (AvgIpc) is 2.75. The maximum atomic E-state index is 10.1. The van der Waals surface area contributed by atoms with Crippen LogP contribution in [0.5, 0.6) is 0 Å². The van der Waals surface area contributed by atoms with E-state index < -0.39 is 6.10 Å². The van der Waals surface area contributed by atoms with Crippen LogP contribution in [0.4, 0.5) is 11.8 Å². The summed E-state index contributed by atoms with van der Waals surface area (Å²) < 4.78 is 0. The van der Waals surface area contributed by atoms with Gasteiger partial charge in [-0.1, -0.05) is 0 Å². The summed E-state index contributed by atoms with van der Waals surface area (Å²) in [6.45, 7) is 5.40. The first-order valence-corrected chi connectivity index (χ1v) is 7.45. The molecule has 0 saturated carbocycles. The number of anilines is 2. The van der Waals surface area contributed by atoms with Crippen molar-refractivity contribution in [2.24, 2.45) is 0 Å². The van der Waals surface area contributed by atoms with E-state index >= 15 is 0 Å². The van der Waals surface area contributed by atoms with Crippen molar-refractivity contribution in [3.8, 4) is 0 Å². The molecule has 0 bridgehead atoms. The smallest absolute Gasteiger partial charge is 0.227 e. The van der Waals surface area contributed by atoms with Crippen LogP contribution in [0, 0.1) is 13.8 Å². The first-order valence-electron chi connectivity index (χ1n) is 7.45. The number of aliphatic hydroxyl groups is 1. The number of pyridine rings is 1. The molecule has 3 N–H and O–H groups in total. The Kier molecular flexibility index (Phi) is 3.84. The van der Waals surface area contributed by atoms with Crippen molar-refractivity contribution in [2.75, 3.05) is 37.8 Å². The van der Waals surface area contributed by atoms with Gasteiger partial charge in [-0.3, -0.25) is 0 Å². The maximum absolute atomic E-state index is 10.1. The Balaban J connectivity index is 2.00. The minimum Gasteiger partial charge on any atom is -0.390 e. The molecule has 7 heteroatoms. The fourth-order valence-electron chi connectivity index (χ4n) is 3.01. The molecule has 7 nitrogen and oxygen atoms in total. The lowest BCUT2D eigenvalue weighted by atomic mass is 10.1. The lowest BCUT2D eigenvalue weighted by Gasteiger charge is -2.17. The normalized spacial score (nSPS) is 22.2. The summed E-state index contributed by atoms with van der Waals surface area (Å²) in [6.07, 6.45) is -0.422. The van der Waals surface area contributed by atoms with Crippen LogP contribution >= 0.6 is 0 Å². The van der Waals surface area contributed by atoms with Crippen LogP contribution in [-0.4, -0.2) is 64.3 Å². The molecule has 1 fully saturated rings.